The molecule has 136 valence electrons. The summed E-state index contributed by atoms with van der Waals surface area (Å²) >= 11 is 0. The minimum Gasteiger partial charge on any atom is -0.379 e. The maximum absolute atomic E-state index is 5.48. The maximum Gasteiger partial charge on any atom is 0.0594 e. The minimum absolute atomic E-state index is 0.731. The summed E-state index contributed by atoms with van der Waals surface area (Å²) in [5.74, 6) is 0. The van der Waals surface area contributed by atoms with Crippen LogP contribution in [0.15, 0.2) is 30.3 Å². The first kappa shape index (κ1) is 17.1. The predicted molar refractivity (Wildman–Crippen MR) is 103 cm³/mol. The van der Waals surface area contributed by atoms with Crippen molar-refractivity contribution in [3.05, 3.63) is 36.0 Å². The average Bonchev–Trinajstić information content (AvgIpc) is 2.98. The zero-order chi connectivity index (χ0) is 17.1. The van der Waals surface area contributed by atoms with Gasteiger partial charge in [0.2, 0.25) is 0 Å². The van der Waals surface area contributed by atoms with Gasteiger partial charge in [-0.05, 0) is 49.9 Å². The number of benzene rings is 1. The van der Waals surface area contributed by atoms with Gasteiger partial charge >= 0.3 is 0 Å². The highest BCUT2D eigenvalue weighted by molar-refractivity contribution is 5.81. The molecule has 3 heterocycles. The molecule has 2 aromatic rings. The van der Waals surface area contributed by atoms with E-state index in [1.165, 1.54) is 55.4 Å². The SMILES string of the molecule is Cn1c(CN2CCCC[C@H]2CCN2CCOCC2)cc2ccccc21. The Morgan fingerprint density at radius 1 is 1.08 bits per heavy atom. The van der Waals surface area contributed by atoms with E-state index in [0.717, 1.165) is 38.9 Å². The number of para-hydroxylation sites is 1. The summed E-state index contributed by atoms with van der Waals surface area (Å²) in [6.45, 7) is 7.58. The molecule has 0 unspecified atom stereocenters. The first-order valence-corrected chi connectivity index (χ1v) is 9.89. The molecule has 0 N–H and O–H groups in total. The highest BCUT2D eigenvalue weighted by Gasteiger charge is 2.24. The average molecular weight is 341 g/mol. The molecule has 1 aromatic carbocycles. The number of rotatable bonds is 5. The Morgan fingerprint density at radius 3 is 2.76 bits per heavy atom. The summed E-state index contributed by atoms with van der Waals surface area (Å²) in [6.07, 6.45) is 5.38. The highest BCUT2D eigenvalue weighted by Crippen LogP contribution is 2.25. The van der Waals surface area contributed by atoms with Gasteiger partial charge in [-0.1, -0.05) is 24.6 Å². The Balaban J connectivity index is 1.42. The van der Waals surface area contributed by atoms with Gasteiger partial charge in [0.1, 0.15) is 0 Å². The number of aromatic nitrogens is 1. The van der Waals surface area contributed by atoms with E-state index in [1.54, 1.807) is 0 Å². The Morgan fingerprint density at radius 2 is 1.92 bits per heavy atom. The number of hydrogen-bond acceptors (Lipinski definition) is 3. The number of morpholine rings is 1. The van der Waals surface area contributed by atoms with Gasteiger partial charge in [0.15, 0.2) is 0 Å². The van der Waals surface area contributed by atoms with E-state index in [0.29, 0.717) is 0 Å². The molecule has 4 heteroatoms. The molecule has 25 heavy (non-hydrogen) atoms. The Bertz CT molecular complexity index is 690. The van der Waals surface area contributed by atoms with E-state index in [2.05, 4.69) is 51.7 Å². The molecular weight excluding hydrogens is 310 g/mol. The molecule has 2 aliphatic heterocycles. The second kappa shape index (κ2) is 7.90. The van der Waals surface area contributed by atoms with Crippen molar-refractivity contribution in [2.24, 2.45) is 7.05 Å². The van der Waals surface area contributed by atoms with Crippen LogP contribution in [0.1, 0.15) is 31.4 Å². The molecule has 4 nitrogen and oxygen atoms in total. The molecule has 0 radical (unpaired) electrons. The lowest BCUT2D eigenvalue weighted by Crippen LogP contribution is -2.43. The number of ether oxygens (including phenoxy) is 1. The minimum atomic E-state index is 0.731. The van der Waals surface area contributed by atoms with Crippen molar-refractivity contribution in [2.45, 2.75) is 38.3 Å². The van der Waals surface area contributed by atoms with Crippen LogP contribution in [0.5, 0.6) is 0 Å². The standard InChI is InChI=1S/C21H31N3O/c1-22-20(16-18-6-2-3-8-21(18)22)17-24-10-5-4-7-19(24)9-11-23-12-14-25-15-13-23/h2-3,6,8,16,19H,4-5,7,9-15,17H2,1H3/t19-/m0/s1. The van der Waals surface area contributed by atoms with E-state index in [9.17, 15) is 0 Å². The van der Waals surface area contributed by atoms with Crippen LogP contribution < -0.4 is 0 Å². The van der Waals surface area contributed by atoms with Gasteiger partial charge in [0.25, 0.3) is 0 Å². The summed E-state index contributed by atoms with van der Waals surface area (Å²) in [4.78, 5) is 5.31. The van der Waals surface area contributed by atoms with Crippen LogP contribution in [-0.4, -0.2) is 59.8 Å². The zero-order valence-electron chi connectivity index (χ0n) is 15.5. The number of piperidine rings is 1. The summed E-state index contributed by atoms with van der Waals surface area (Å²) in [7, 11) is 2.21. The molecule has 0 aliphatic carbocycles. The predicted octanol–water partition coefficient (Wildman–Crippen LogP) is 3.26. The Kier molecular flexibility index (Phi) is 5.39. The first-order chi connectivity index (χ1) is 12.3. The van der Waals surface area contributed by atoms with Crippen LogP contribution in [0.3, 0.4) is 0 Å². The number of nitrogens with zero attached hydrogens (tertiary/aromatic N) is 3. The third-order valence-electron chi connectivity index (χ3n) is 6.05. The summed E-state index contributed by atoms with van der Waals surface area (Å²) < 4.78 is 7.86. The van der Waals surface area contributed by atoms with Gasteiger partial charge in [-0.25, -0.2) is 0 Å². The number of fused-ring (bicyclic) bond motifs is 1. The topological polar surface area (TPSA) is 20.6 Å². The molecular formula is C21H31N3O. The second-order valence-corrected chi connectivity index (χ2v) is 7.62. The van der Waals surface area contributed by atoms with Crippen LogP contribution in [-0.2, 0) is 18.3 Å². The third-order valence-corrected chi connectivity index (χ3v) is 6.05. The monoisotopic (exact) mass is 341 g/mol. The van der Waals surface area contributed by atoms with Crippen LogP contribution in [0.2, 0.25) is 0 Å². The van der Waals surface area contributed by atoms with Crippen molar-refractivity contribution < 1.29 is 4.74 Å². The van der Waals surface area contributed by atoms with Crippen molar-refractivity contribution in [2.75, 3.05) is 39.4 Å². The van der Waals surface area contributed by atoms with Crippen LogP contribution >= 0.6 is 0 Å². The third kappa shape index (κ3) is 3.91. The summed E-state index contributed by atoms with van der Waals surface area (Å²) in [5.41, 5.74) is 2.79. The molecule has 1 atom stereocenters. The molecule has 0 bridgehead atoms. The van der Waals surface area contributed by atoms with Crippen LogP contribution in [0, 0.1) is 0 Å². The van der Waals surface area contributed by atoms with E-state index < -0.39 is 0 Å². The normalized spacial score (nSPS) is 23.3. The summed E-state index contributed by atoms with van der Waals surface area (Å²) in [6, 6.07) is 11.8. The molecule has 2 saturated heterocycles. The molecule has 0 spiro atoms. The van der Waals surface area contributed by atoms with Crippen molar-refractivity contribution in [3.8, 4) is 0 Å². The van der Waals surface area contributed by atoms with Gasteiger partial charge < -0.3 is 9.30 Å². The van der Waals surface area contributed by atoms with E-state index in [1.807, 2.05) is 0 Å². The van der Waals surface area contributed by atoms with Crippen molar-refractivity contribution >= 4 is 10.9 Å². The van der Waals surface area contributed by atoms with Gasteiger partial charge in [0.05, 0.1) is 13.2 Å². The lowest BCUT2D eigenvalue weighted by molar-refractivity contribution is 0.0301. The lowest BCUT2D eigenvalue weighted by Gasteiger charge is -2.37. The van der Waals surface area contributed by atoms with Crippen molar-refractivity contribution in [1.82, 2.24) is 14.4 Å². The number of likely N-dealkylation sites (tertiary alicyclic amines) is 1. The zero-order valence-corrected chi connectivity index (χ0v) is 15.5. The smallest absolute Gasteiger partial charge is 0.0594 e. The van der Waals surface area contributed by atoms with E-state index in [4.69, 9.17) is 4.74 Å². The fourth-order valence-electron chi connectivity index (χ4n) is 4.46. The molecule has 0 amide bonds. The largest absolute Gasteiger partial charge is 0.379 e. The van der Waals surface area contributed by atoms with E-state index >= 15 is 0 Å². The Hall–Kier alpha value is -1.36. The quantitative estimate of drug-likeness (QED) is 0.833. The van der Waals surface area contributed by atoms with Crippen molar-refractivity contribution in [3.63, 3.8) is 0 Å². The fourth-order valence-corrected chi connectivity index (χ4v) is 4.46. The number of hydrogen-bond donors (Lipinski definition) is 0. The molecule has 2 aliphatic rings. The van der Waals surface area contributed by atoms with Gasteiger partial charge in [-0.15, -0.1) is 0 Å². The van der Waals surface area contributed by atoms with Gasteiger partial charge in [0, 0.05) is 43.9 Å². The van der Waals surface area contributed by atoms with Crippen LogP contribution in [0.4, 0.5) is 0 Å². The van der Waals surface area contributed by atoms with E-state index in [-0.39, 0.29) is 0 Å². The molecule has 2 fully saturated rings. The maximum atomic E-state index is 5.48. The molecule has 1 aromatic heterocycles. The highest BCUT2D eigenvalue weighted by atomic mass is 16.5. The second-order valence-electron chi connectivity index (χ2n) is 7.62. The lowest BCUT2D eigenvalue weighted by atomic mass is 9.98. The van der Waals surface area contributed by atoms with Crippen LogP contribution in [0.25, 0.3) is 10.9 Å². The summed E-state index contributed by atoms with van der Waals surface area (Å²) in [5, 5.41) is 1.36. The van der Waals surface area contributed by atoms with Gasteiger partial charge in [-0.3, -0.25) is 9.80 Å². The first-order valence-electron chi connectivity index (χ1n) is 9.89. The molecule has 0 saturated carbocycles. The Labute approximate surface area is 151 Å². The molecule has 4 rings (SSSR count). The van der Waals surface area contributed by atoms with Crippen molar-refractivity contribution in [1.29, 1.82) is 0 Å². The fraction of sp³-hybridized carbons (Fsp3) is 0.619. The van der Waals surface area contributed by atoms with Gasteiger partial charge in [-0.2, -0.15) is 0 Å². The number of aryl methyl sites for hydroxylation is 1.